The molecule has 0 amide bonds. The van der Waals surface area contributed by atoms with Gasteiger partial charge >= 0.3 is 5.97 Å². The molecule has 29 heteroatoms. The third-order valence-corrected chi connectivity index (χ3v) is 16.6. The molecule has 3 saturated carbocycles. The molecule has 8 rings (SSSR count). The average molecular weight is 1120 g/mol. The van der Waals surface area contributed by atoms with Gasteiger partial charge in [-0.15, -0.1) is 0 Å². The van der Waals surface area contributed by atoms with Crippen molar-refractivity contribution in [3.63, 3.8) is 0 Å². The lowest BCUT2D eigenvalue weighted by Gasteiger charge is -2.52. The van der Waals surface area contributed by atoms with E-state index in [2.05, 4.69) is 0 Å². The van der Waals surface area contributed by atoms with Crippen LogP contribution >= 0.6 is 0 Å². The van der Waals surface area contributed by atoms with Crippen LogP contribution in [0.2, 0.25) is 0 Å². The lowest BCUT2D eigenvalue weighted by molar-refractivity contribution is -0.349. The molecule has 8 aliphatic rings. The fourth-order valence-electron chi connectivity index (χ4n) is 12.0. The second-order valence-electron chi connectivity index (χ2n) is 21.7. The lowest BCUT2D eigenvalue weighted by atomic mass is 9.72. The first-order valence-corrected chi connectivity index (χ1v) is 26.4. The molecule has 3 aliphatic carbocycles. The van der Waals surface area contributed by atoms with Gasteiger partial charge in [0.1, 0.15) is 110 Å². The van der Waals surface area contributed by atoms with Crippen molar-refractivity contribution in [3.8, 4) is 0 Å². The number of aliphatic hydroxyl groups excluding tert-OH is 18. The molecule has 0 aromatic rings. The topological polar surface area (TPSA) is 474 Å². The zero-order chi connectivity index (χ0) is 55.7. The Hall–Kier alpha value is -1.87. The van der Waals surface area contributed by atoms with E-state index in [1.54, 1.807) is 6.08 Å². The van der Waals surface area contributed by atoms with Crippen LogP contribution in [0.5, 0.6) is 0 Å². The summed E-state index contributed by atoms with van der Waals surface area (Å²) in [6.07, 6.45) is -39.9. The molecule has 0 aromatic heterocycles. The largest absolute Gasteiger partial charge is 0.460 e. The second-order valence-corrected chi connectivity index (χ2v) is 21.7. The van der Waals surface area contributed by atoms with E-state index in [4.69, 9.17) is 47.4 Å². The SMILES string of the molecule is O=C(C=CC1CCC(O[C@@H]2O[C@H](CO)[C@@H](O)[C@H](O)[C@H]2O)CC1)OC[C@H]1O[C@@H](OC2CC(C3OC4CC(O)CC(O)C4CC3O[C@@H]3O[C@H](CO)[C@@H](O)[C@H](O)[C@H]3O)CC(O[C@@H]3O[C@H](CO)[C@@H](O)[C@H](O)[C@H]3O)C2O)[C@H](O)[C@@H](O)[C@@H]1O. The molecule has 77 heavy (non-hydrogen) atoms. The molecule has 30 atom stereocenters. The van der Waals surface area contributed by atoms with Crippen molar-refractivity contribution in [2.75, 3.05) is 26.4 Å². The predicted octanol–water partition coefficient (Wildman–Crippen LogP) is -8.92. The van der Waals surface area contributed by atoms with Crippen LogP contribution in [0.4, 0.5) is 0 Å². The highest BCUT2D eigenvalue weighted by Gasteiger charge is 2.56. The fourth-order valence-corrected chi connectivity index (χ4v) is 12.0. The maximum Gasteiger partial charge on any atom is 0.330 e. The molecule has 444 valence electrons. The van der Waals surface area contributed by atoms with Gasteiger partial charge in [0.05, 0.1) is 68.7 Å². The minimum absolute atomic E-state index is 0.0117. The monoisotopic (exact) mass is 1120 g/mol. The minimum atomic E-state index is -2.01. The van der Waals surface area contributed by atoms with Gasteiger partial charge in [-0.3, -0.25) is 0 Å². The highest BCUT2D eigenvalue weighted by atomic mass is 16.7. The number of hydrogen-bond acceptors (Lipinski definition) is 29. The standard InChI is InChI=1S/C48H78O29/c49-12-26-32(56)36(60)40(64)45(74-26)69-19-4-1-16(2-5-19)3-6-30(54)68-15-29-35(59)39(63)43(67)47(77-29)72-24-8-17(7-23(31(24)55)71-46-41(65)37(61)33(57)27(13-50)75-46)44-25(11-20-21(53)9-18(52)10-22(20)70-44)73-48-42(66)38(62)34(58)28(14-51)76-48/h3,6,16-29,31-53,55-67H,1-2,4-5,7-15H2/t16?,17?,18?,19?,20?,21?,22?,23?,24?,25?,26-,27-,28-,29-,31?,32-,33-,34-,35-,36+,37+,38+,39+,40-,41-,42-,43-,44?,45-,46-,47-,48-/m1/s1. The van der Waals surface area contributed by atoms with Crippen LogP contribution < -0.4 is 0 Å². The normalized spacial score (nSPS) is 52.0. The summed E-state index contributed by atoms with van der Waals surface area (Å²) >= 11 is 0. The number of allylic oxidation sites excluding steroid dienone is 1. The molecule has 5 heterocycles. The van der Waals surface area contributed by atoms with Crippen molar-refractivity contribution in [2.45, 2.75) is 236 Å². The van der Waals surface area contributed by atoms with E-state index in [-0.39, 0.29) is 38.0 Å². The van der Waals surface area contributed by atoms with E-state index in [0.29, 0.717) is 25.7 Å². The van der Waals surface area contributed by atoms with Crippen LogP contribution in [0, 0.1) is 17.8 Å². The van der Waals surface area contributed by atoms with Crippen molar-refractivity contribution in [1.82, 2.24) is 0 Å². The first-order valence-electron chi connectivity index (χ1n) is 26.4. The molecule has 10 unspecified atom stereocenters. The highest BCUT2D eigenvalue weighted by Crippen LogP contribution is 2.45. The zero-order valence-corrected chi connectivity index (χ0v) is 41.9. The summed E-state index contributed by atoms with van der Waals surface area (Å²) in [5, 5.41) is 191. The first-order chi connectivity index (χ1) is 36.6. The summed E-state index contributed by atoms with van der Waals surface area (Å²) in [7, 11) is 0. The van der Waals surface area contributed by atoms with Crippen molar-refractivity contribution < 1.29 is 144 Å². The van der Waals surface area contributed by atoms with Gasteiger partial charge in [-0.25, -0.2) is 4.79 Å². The van der Waals surface area contributed by atoms with Crippen LogP contribution in [-0.2, 0) is 52.2 Å². The number of carbonyl (C=O) groups excluding carboxylic acids is 1. The van der Waals surface area contributed by atoms with E-state index in [0.717, 1.165) is 6.08 Å². The number of aliphatic hydroxyl groups is 18. The molecule has 29 nitrogen and oxygen atoms in total. The number of rotatable bonds is 16. The number of hydrogen-bond donors (Lipinski definition) is 18. The summed E-state index contributed by atoms with van der Waals surface area (Å²) in [6, 6.07) is 0. The number of fused-ring (bicyclic) bond motifs is 1. The predicted molar refractivity (Wildman–Crippen MR) is 246 cm³/mol. The molecule has 0 bridgehead atoms. The molecule has 0 aromatic carbocycles. The van der Waals surface area contributed by atoms with E-state index >= 15 is 0 Å². The van der Waals surface area contributed by atoms with Crippen LogP contribution in [0.3, 0.4) is 0 Å². The summed E-state index contributed by atoms with van der Waals surface area (Å²) in [5.41, 5.74) is 0. The minimum Gasteiger partial charge on any atom is -0.460 e. The van der Waals surface area contributed by atoms with Gasteiger partial charge < -0.3 is 139 Å². The number of carbonyl (C=O) groups is 1. The van der Waals surface area contributed by atoms with Crippen molar-refractivity contribution in [2.24, 2.45) is 17.8 Å². The fraction of sp³-hybridized carbons (Fsp3) is 0.938. The Labute approximate surface area is 441 Å². The Balaban J connectivity index is 0.956. The van der Waals surface area contributed by atoms with Crippen molar-refractivity contribution in [1.29, 1.82) is 0 Å². The Bertz CT molecular complexity index is 1880. The molecular weight excluding hydrogens is 1040 g/mol. The molecule has 0 radical (unpaired) electrons. The van der Waals surface area contributed by atoms with Crippen LogP contribution in [0.25, 0.3) is 0 Å². The smallest absolute Gasteiger partial charge is 0.330 e. The Kier molecular flexibility index (Phi) is 21.1. The van der Waals surface area contributed by atoms with Crippen LogP contribution in [0.15, 0.2) is 12.2 Å². The number of esters is 1. The van der Waals surface area contributed by atoms with Gasteiger partial charge in [0, 0.05) is 12.0 Å². The van der Waals surface area contributed by atoms with E-state index in [1.165, 1.54) is 0 Å². The zero-order valence-electron chi connectivity index (χ0n) is 41.9. The summed E-state index contributed by atoms with van der Waals surface area (Å²) in [4.78, 5) is 13.0. The molecule has 0 spiro atoms. The Morgan fingerprint density at radius 2 is 0.870 bits per heavy atom. The first kappa shape index (κ1) is 61.2. The molecular formula is C48H78O29. The van der Waals surface area contributed by atoms with Gasteiger partial charge in [-0.2, -0.15) is 0 Å². The third-order valence-electron chi connectivity index (χ3n) is 16.6. The highest BCUT2D eigenvalue weighted by molar-refractivity contribution is 5.81. The maximum absolute atomic E-state index is 13.0. The molecule has 5 aliphatic heterocycles. The Morgan fingerprint density at radius 3 is 1.34 bits per heavy atom. The summed E-state index contributed by atoms with van der Waals surface area (Å²) in [5.74, 6) is -2.58. The summed E-state index contributed by atoms with van der Waals surface area (Å²) in [6.45, 7) is -2.90. The van der Waals surface area contributed by atoms with Gasteiger partial charge in [-0.1, -0.05) is 6.08 Å². The van der Waals surface area contributed by atoms with Crippen molar-refractivity contribution in [3.05, 3.63) is 12.2 Å². The quantitative estimate of drug-likeness (QED) is 0.0504. The third kappa shape index (κ3) is 13.6. The molecule has 5 saturated heterocycles. The van der Waals surface area contributed by atoms with E-state index in [1.807, 2.05) is 0 Å². The summed E-state index contributed by atoms with van der Waals surface area (Å²) < 4.78 is 59.1. The average Bonchev–Trinajstić information content (AvgIpc) is 3.42. The van der Waals surface area contributed by atoms with Gasteiger partial charge in [-0.05, 0) is 69.6 Å². The number of ether oxygens (including phenoxy) is 10. The lowest BCUT2D eigenvalue weighted by Crippen LogP contribution is -2.64. The van der Waals surface area contributed by atoms with Crippen molar-refractivity contribution >= 4 is 5.97 Å². The maximum atomic E-state index is 13.0. The van der Waals surface area contributed by atoms with Gasteiger partial charge in [0.2, 0.25) is 0 Å². The van der Waals surface area contributed by atoms with Gasteiger partial charge in [0.25, 0.3) is 0 Å². The second kappa shape index (κ2) is 26.6. The van der Waals surface area contributed by atoms with Gasteiger partial charge in [0.15, 0.2) is 25.2 Å². The van der Waals surface area contributed by atoms with E-state index < -0.39 is 222 Å². The molecule has 18 N–H and O–H groups in total. The van der Waals surface area contributed by atoms with E-state index in [9.17, 15) is 96.7 Å². The molecule has 8 fully saturated rings. The Morgan fingerprint density at radius 1 is 0.442 bits per heavy atom. The van der Waals surface area contributed by atoms with Crippen LogP contribution in [0.1, 0.15) is 57.8 Å². The van der Waals surface area contributed by atoms with Crippen LogP contribution in [-0.4, -0.2) is 302 Å².